The Labute approximate surface area is 217 Å². The zero-order valence-electron chi connectivity index (χ0n) is 19.5. The highest BCUT2D eigenvalue weighted by Gasteiger charge is 2.41. The van der Waals surface area contributed by atoms with E-state index < -0.39 is 33.4 Å². The SMILES string of the molecule is N[C@H]1CS(=O)(=O)c2cc(F)c(-c3noc(N4[C@@H]5CC[C@H]4COC5)n3)cc2N(Cc2ccc(Cl)cc2)C1=O. The minimum absolute atomic E-state index is 0.00194. The van der Waals surface area contributed by atoms with E-state index in [0.29, 0.717) is 23.8 Å². The second-order valence-electron chi connectivity index (χ2n) is 9.47. The Morgan fingerprint density at radius 3 is 2.54 bits per heavy atom. The standard InChI is InChI=1S/C24H23ClFN5O5S/c25-14-3-1-13(2-4-14)9-30-20-7-17(18(26)8-21(20)37(33,34)12-19(27)23(30)32)22-28-24(36-29-22)31-15-5-6-16(31)11-35-10-15/h1-4,7-8,15-16,19H,5-6,9-12,27H2/t15-,16+,19-/m0/s1. The number of hydrogen-bond acceptors (Lipinski definition) is 9. The number of carbonyl (C=O) groups is 1. The first-order valence-corrected chi connectivity index (χ1v) is 13.8. The van der Waals surface area contributed by atoms with Gasteiger partial charge in [0.1, 0.15) is 5.82 Å². The molecule has 3 atom stereocenters. The summed E-state index contributed by atoms with van der Waals surface area (Å²) in [6, 6.07) is 8.06. The summed E-state index contributed by atoms with van der Waals surface area (Å²) >= 11 is 5.98. The summed E-state index contributed by atoms with van der Waals surface area (Å²) in [5.41, 5.74) is 6.56. The summed E-state index contributed by atoms with van der Waals surface area (Å²) in [6.45, 7) is 1.09. The number of carbonyl (C=O) groups excluding carboxylic acids is 1. The van der Waals surface area contributed by atoms with Crippen LogP contribution < -0.4 is 15.5 Å². The van der Waals surface area contributed by atoms with Crippen LogP contribution >= 0.6 is 11.6 Å². The Morgan fingerprint density at radius 2 is 1.84 bits per heavy atom. The number of fused-ring (bicyclic) bond motifs is 3. The molecule has 2 N–H and O–H groups in total. The molecule has 2 bridgehead atoms. The van der Waals surface area contributed by atoms with Crippen LogP contribution in [0.15, 0.2) is 45.8 Å². The van der Waals surface area contributed by atoms with Crippen LogP contribution in [0, 0.1) is 5.82 Å². The first kappa shape index (κ1) is 24.3. The fourth-order valence-electron chi connectivity index (χ4n) is 5.20. The highest BCUT2D eigenvalue weighted by molar-refractivity contribution is 7.91. The van der Waals surface area contributed by atoms with E-state index in [1.807, 2.05) is 4.90 Å². The number of aromatic nitrogens is 2. The number of anilines is 2. The maximum Gasteiger partial charge on any atom is 0.325 e. The lowest BCUT2D eigenvalue weighted by Crippen LogP contribution is -2.46. The third-order valence-electron chi connectivity index (χ3n) is 7.03. The van der Waals surface area contributed by atoms with Gasteiger partial charge in [-0.25, -0.2) is 12.8 Å². The summed E-state index contributed by atoms with van der Waals surface area (Å²) < 4.78 is 52.6. The molecule has 3 aliphatic heterocycles. The van der Waals surface area contributed by atoms with Crippen molar-refractivity contribution < 1.29 is 26.9 Å². The first-order valence-electron chi connectivity index (χ1n) is 11.8. The number of ether oxygens (including phenoxy) is 1. The van der Waals surface area contributed by atoms with Gasteiger partial charge in [-0.05, 0) is 42.7 Å². The predicted molar refractivity (Wildman–Crippen MR) is 132 cm³/mol. The lowest BCUT2D eigenvalue weighted by atomic mass is 10.1. The number of amides is 1. The molecule has 3 aliphatic rings. The molecule has 0 saturated carbocycles. The molecule has 0 unspecified atom stereocenters. The van der Waals surface area contributed by atoms with Crippen molar-refractivity contribution in [1.82, 2.24) is 10.1 Å². The van der Waals surface area contributed by atoms with Crippen LogP contribution in [0.4, 0.5) is 16.1 Å². The van der Waals surface area contributed by atoms with E-state index in [9.17, 15) is 13.2 Å². The number of benzene rings is 2. The maximum absolute atomic E-state index is 15.4. The number of sulfone groups is 1. The van der Waals surface area contributed by atoms with Crippen molar-refractivity contribution in [1.29, 1.82) is 0 Å². The van der Waals surface area contributed by atoms with Gasteiger partial charge in [0.2, 0.25) is 11.7 Å². The summed E-state index contributed by atoms with van der Waals surface area (Å²) in [6.07, 6.45) is 1.85. The van der Waals surface area contributed by atoms with Crippen molar-refractivity contribution in [3.8, 4) is 11.4 Å². The number of morpholine rings is 1. The van der Waals surface area contributed by atoms with Gasteiger partial charge < -0.3 is 24.8 Å². The molecule has 1 amide bonds. The second kappa shape index (κ2) is 9.05. The predicted octanol–water partition coefficient (Wildman–Crippen LogP) is 2.54. The van der Waals surface area contributed by atoms with Crippen LogP contribution in [0.2, 0.25) is 5.02 Å². The second-order valence-corrected chi connectivity index (χ2v) is 11.9. The normalized spacial score (nSPS) is 24.7. The molecule has 4 heterocycles. The van der Waals surface area contributed by atoms with Gasteiger partial charge in [0.25, 0.3) is 0 Å². The molecule has 3 aromatic rings. The largest absolute Gasteiger partial charge is 0.377 e. The van der Waals surface area contributed by atoms with Crippen molar-refractivity contribution >= 4 is 39.0 Å². The van der Waals surface area contributed by atoms with Crippen LogP contribution in [0.1, 0.15) is 18.4 Å². The zero-order valence-corrected chi connectivity index (χ0v) is 21.1. The van der Waals surface area contributed by atoms with E-state index in [1.165, 1.54) is 11.0 Å². The lowest BCUT2D eigenvalue weighted by Gasteiger charge is -2.32. The Bertz CT molecular complexity index is 1470. The van der Waals surface area contributed by atoms with Crippen molar-refractivity contribution in [2.45, 2.75) is 42.4 Å². The Balaban J connectivity index is 1.44. The van der Waals surface area contributed by atoms with Crippen LogP contribution in [-0.4, -0.2) is 61.6 Å². The van der Waals surface area contributed by atoms with E-state index in [1.54, 1.807) is 24.3 Å². The Hall–Kier alpha value is -3.06. The molecule has 37 heavy (non-hydrogen) atoms. The van der Waals surface area contributed by atoms with Crippen molar-refractivity contribution in [2.24, 2.45) is 5.73 Å². The molecular weight excluding hydrogens is 525 g/mol. The summed E-state index contributed by atoms with van der Waals surface area (Å²) in [7, 11) is -4.07. The summed E-state index contributed by atoms with van der Waals surface area (Å²) in [4.78, 5) is 20.6. The fourth-order valence-corrected chi connectivity index (χ4v) is 6.89. The molecule has 2 aromatic carbocycles. The smallest absolute Gasteiger partial charge is 0.325 e. The number of rotatable bonds is 4. The number of halogens is 2. The first-order chi connectivity index (χ1) is 17.7. The van der Waals surface area contributed by atoms with Crippen molar-refractivity contribution in [3.63, 3.8) is 0 Å². The van der Waals surface area contributed by atoms with Gasteiger partial charge in [0.15, 0.2) is 9.84 Å². The topological polar surface area (TPSA) is 132 Å². The molecule has 0 aliphatic carbocycles. The van der Waals surface area contributed by atoms with Gasteiger partial charge in [-0.15, -0.1) is 0 Å². The van der Waals surface area contributed by atoms with Gasteiger partial charge in [0.05, 0.1) is 59.8 Å². The molecular formula is C24H23ClFN5O5S. The van der Waals surface area contributed by atoms with Crippen LogP contribution in [0.5, 0.6) is 0 Å². The highest BCUT2D eigenvalue weighted by atomic mass is 35.5. The van der Waals surface area contributed by atoms with E-state index in [0.717, 1.165) is 18.9 Å². The van der Waals surface area contributed by atoms with Gasteiger partial charge >= 0.3 is 6.01 Å². The average Bonchev–Trinajstić information content (AvgIpc) is 3.42. The Morgan fingerprint density at radius 1 is 1.14 bits per heavy atom. The van der Waals surface area contributed by atoms with Gasteiger partial charge in [-0.2, -0.15) is 4.98 Å². The molecule has 0 spiro atoms. The zero-order chi connectivity index (χ0) is 25.9. The fraction of sp³-hybridized carbons (Fsp3) is 0.375. The molecule has 10 nitrogen and oxygen atoms in total. The average molecular weight is 548 g/mol. The molecule has 1 aromatic heterocycles. The summed E-state index contributed by atoms with van der Waals surface area (Å²) in [5, 5.41) is 4.49. The van der Waals surface area contributed by atoms with E-state index in [-0.39, 0.29) is 46.6 Å². The highest BCUT2D eigenvalue weighted by Crippen LogP contribution is 2.38. The number of hydrogen-bond donors (Lipinski definition) is 1. The van der Waals surface area contributed by atoms with Gasteiger partial charge in [-0.3, -0.25) is 4.79 Å². The molecule has 2 fully saturated rings. The number of nitrogens with two attached hydrogens (primary N) is 1. The third-order valence-corrected chi connectivity index (χ3v) is 9.08. The van der Waals surface area contributed by atoms with Crippen LogP contribution in [0.3, 0.4) is 0 Å². The summed E-state index contributed by atoms with van der Waals surface area (Å²) in [5.74, 6) is -2.14. The molecule has 6 rings (SSSR count). The van der Waals surface area contributed by atoms with Crippen LogP contribution in [-0.2, 0) is 25.9 Å². The molecule has 2 saturated heterocycles. The van der Waals surface area contributed by atoms with E-state index in [4.69, 9.17) is 26.6 Å². The molecule has 13 heteroatoms. The van der Waals surface area contributed by atoms with Crippen molar-refractivity contribution in [2.75, 3.05) is 28.8 Å². The Kier molecular flexibility index (Phi) is 5.94. The lowest BCUT2D eigenvalue weighted by molar-refractivity contribution is -0.119. The minimum atomic E-state index is -4.07. The van der Waals surface area contributed by atoms with Gasteiger partial charge in [-0.1, -0.05) is 28.9 Å². The quantitative estimate of drug-likeness (QED) is 0.523. The monoisotopic (exact) mass is 547 g/mol. The molecule has 194 valence electrons. The van der Waals surface area contributed by atoms with E-state index >= 15 is 4.39 Å². The van der Waals surface area contributed by atoms with Gasteiger partial charge in [0, 0.05) is 5.02 Å². The minimum Gasteiger partial charge on any atom is -0.377 e. The van der Waals surface area contributed by atoms with Crippen molar-refractivity contribution in [3.05, 3.63) is 52.8 Å². The van der Waals surface area contributed by atoms with E-state index in [2.05, 4.69) is 10.1 Å². The third kappa shape index (κ3) is 4.27. The molecule has 0 radical (unpaired) electrons. The maximum atomic E-state index is 15.4. The van der Waals surface area contributed by atoms with Crippen LogP contribution in [0.25, 0.3) is 11.4 Å². The number of nitrogens with zero attached hydrogens (tertiary/aromatic N) is 4.